The zero-order valence-corrected chi connectivity index (χ0v) is 9.31. The SMILES string of the molecule is Nc1cc(CSc2ccncn2)ccc1O. The maximum Gasteiger partial charge on any atom is 0.138 e. The van der Waals surface area contributed by atoms with Crippen LogP contribution < -0.4 is 5.73 Å². The summed E-state index contributed by atoms with van der Waals surface area (Å²) in [5.41, 5.74) is 7.06. The van der Waals surface area contributed by atoms with Gasteiger partial charge in [-0.1, -0.05) is 6.07 Å². The molecule has 0 radical (unpaired) electrons. The normalized spacial score (nSPS) is 10.2. The molecule has 0 saturated heterocycles. The van der Waals surface area contributed by atoms with Crippen LogP contribution in [0.25, 0.3) is 0 Å². The van der Waals surface area contributed by atoms with Crippen LogP contribution in [0.5, 0.6) is 5.75 Å². The van der Waals surface area contributed by atoms with Crippen LogP contribution in [0, 0.1) is 0 Å². The number of phenols is 1. The molecule has 0 spiro atoms. The maximum atomic E-state index is 9.28. The molecule has 0 aliphatic rings. The summed E-state index contributed by atoms with van der Waals surface area (Å²) in [6.07, 6.45) is 3.23. The average Bonchev–Trinajstić information content (AvgIpc) is 2.32. The van der Waals surface area contributed by atoms with Gasteiger partial charge in [0.05, 0.1) is 10.7 Å². The lowest BCUT2D eigenvalue weighted by Crippen LogP contribution is -1.89. The van der Waals surface area contributed by atoms with Crippen LogP contribution in [-0.4, -0.2) is 15.1 Å². The molecule has 16 heavy (non-hydrogen) atoms. The number of hydrogen-bond donors (Lipinski definition) is 2. The van der Waals surface area contributed by atoms with Gasteiger partial charge in [0, 0.05) is 11.9 Å². The lowest BCUT2D eigenvalue weighted by molar-refractivity contribution is 0.478. The van der Waals surface area contributed by atoms with Gasteiger partial charge in [-0.15, -0.1) is 11.8 Å². The van der Waals surface area contributed by atoms with E-state index in [4.69, 9.17) is 5.73 Å². The monoisotopic (exact) mass is 233 g/mol. The van der Waals surface area contributed by atoms with Gasteiger partial charge < -0.3 is 10.8 Å². The Bertz CT molecular complexity index is 476. The van der Waals surface area contributed by atoms with Crippen molar-refractivity contribution in [2.24, 2.45) is 0 Å². The second kappa shape index (κ2) is 4.85. The van der Waals surface area contributed by atoms with Crippen LogP contribution in [0.3, 0.4) is 0 Å². The van der Waals surface area contributed by atoms with Crippen LogP contribution in [0.4, 0.5) is 5.69 Å². The molecule has 0 saturated carbocycles. The number of nitrogens with zero attached hydrogens (tertiary/aromatic N) is 2. The van der Waals surface area contributed by atoms with E-state index in [1.807, 2.05) is 12.1 Å². The summed E-state index contributed by atoms with van der Waals surface area (Å²) >= 11 is 1.60. The first kappa shape index (κ1) is 10.8. The minimum Gasteiger partial charge on any atom is -0.506 e. The molecule has 0 atom stereocenters. The molecule has 0 bridgehead atoms. The quantitative estimate of drug-likeness (QED) is 0.367. The number of nitrogen functional groups attached to an aromatic ring is 1. The van der Waals surface area contributed by atoms with Gasteiger partial charge in [0.2, 0.25) is 0 Å². The predicted molar refractivity (Wildman–Crippen MR) is 64.1 cm³/mol. The van der Waals surface area contributed by atoms with Crippen molar-refractivity contribution in [2.45, 2.75) is 10.8 Å². The third-order valence-corrected chi connectivity index (χ3v) is 3.05. The number of nitrogens with two attached hydrogens (primary N) is 1. The Morgan fingerprint density at radius 3 is 2.88 bits per heavy atom. The zero-order valence-electron chi connectivity index (χ0n) is 8.50. The number of thioether (sulfide) groups is 1. The van der Waals surface area contributed by atoms with Gasteiger partial charge >= 0.3 is 0 Å². The van der Waals surface area contributed by atoms with Crippen molar-refractivity contribution in [3.8, 4) is 5.75 Å². The summed E-state index contributed by atoms with van der Waals surface area (Å²) in [6.45, 7) is 0. The minimum atomic E-state index is 0.121. The van der Waals surface area contributed by atoms with E-state index in [2.05, 4.69) is 9.97 Å². The number of hydrogen-bond acceptors (Lipinski definition) is 5. The average molecular weight is 233 g/mol. The van der Waals surface area contributed by atoms with E-state index in [0.29, 0.717) is 5.69 Å². The minimum absolute atomic E-state index is 0.121. The summed E-state index contributed by atoms with van der Waals surface area (Å²) in [4.78, 5) is 7.95. The van der Waals surface area contributed by atoms with Crippen LogP contribution >= 0.6 is 11.8 Å². The molecule has 1 heterocycles. The summed E-state index contributed by atoms with van der Waals surface area (Å²) < 4.78 is 0. The third-order valence-electron chi connectivity index (χ3n) is 2.03. The molecular weight excluding hydrogens is 222 g/mol. The fraction of sp³-hybridized carbons (Fsp3) is 0.0909. The smallest absolute Gasteiger partial charge is 0.138 e. The second-order valence-corrected chi connectivity index (χ2v) is 4.23. The van der Waals surface area contributed by atoms with Crippen molar-refractivity contribution in [2.75, 3.05) is 5.73 Å². The van der Waals surface area contributed by atoms with Crippen molar-refractivity contribution < 1.29 is 5.11 Å². The van der Waals surface area contributed by atoms with E-state index >= 15 is 0 Å². The molecular formula is C11H11N3OS. The van der Waals surface area contributed by atoms with E-state index in [1.165, 1.54) is 6.33 Å². The first-order chi connectivity index (χ1) is 7.75. The van der Waals surface area contributed by atoms with E-state index < -0.39 is 0 Å². The van der Waals surface area contributed by atoms with Gasteiger partial charge in [-0.05, 0) is 23.8 Å². The van der Waals surface area contributed by atoms with Crippen molar-refractivity contribution in [3.05, 3.63) is 42.4 Å². The molecule has 2 rings (SSSR count). The molecule has 2 aromatic rings. The summed E-state index contributed by atoms with van der Waals surface area (Å²) in [6, 6.07) is 7.07. The maximum absolute atomic E-state index is 9.28. The molecule has 1 aromatic heterocycles. The largest absolute Gasteiger partial charge is 0.506 e. The van der Waals surface area contributed by atoms with Gasteiger partial charge in [0.15, 0.2) is 0 Å². The number of phenolic OH excluding ortho intramolecular Hbond substituents is 1. The number of rotatable bonds is 3. The summed E-state index contributed by atoms with van der Waals surface area (Å²) in [7, 11) is 0. The molecule has 0 fully saturated rings. The van der Waals surface area contributed by atoms with Gasteiger partial charge in [-0.2, -0.15) is 0 Å². The summed E-state index contributed by atoms with van der Waals surface area (Å²) in [5, 5.41) is 10.2. The Hall–Kier alpha value is -1.75. The molecule has 0 aliphatic heterocycles. The Morgan fingerprint density at radius 2 is 2.19 bits per heavy atom. The van der Waals surface area contributed by atoms with Crippen molar-refractivity contribution >= 4 is 17.4 Å². The van der Waals surface area contributed by atoms with E-state index in [-0.39, 0.29) is 5.75 Å². The third kappa shape index (κ3) is 2.64. The molecule has 0 aliphatic carbocycles. The highest BCUT2D eigenvalue weighted by Crippen LogP contribution is 2.25. The highest BCUT2D eigenvalue weighted by Gasteiger charge is 2.00. The fourth-order valence-corrected chi connectivity index (χ4v) is 1.99. The van der Waals surface area contributed by atoms with Gasteiger partial charge in [-0.3, -0.25) is 0 Å². The predicted octanol–water partition coefficient (Wildman–Crippen LogP) is 2.06. The Morgan fingerprint density at radius 1 is 1.31 bits per heavy atom. The fourth-order valence-electron chi connectivity index (χ4n) is 1.21. The number of aromatic hydroxyl groups is 1. The van der Waals surface area contributed by atoms with Gasteiger partial charge in [0.1, 0.15) is 12.1 Å². The molecule has 4 nitrogen and oxygen atoms in total. The van der Waals surface area contributed by atoms with Crippen molar-refractivity contribution in [1.29, 1.82) is 0 Å². The molecule has 1 aromatic carbocycles. The van der Waals surface area contributed by atoms with E-state index in [0.717, 1.165) is 16.3 Å². The highest BCUT2D eigenvalue weighted by molar-refractivity contribution is 7.98. The lowest BCUT2D eigenvalue weighted by Gasteiger charge is -2.03. The zero-order chi connectivity index (χ0) is 11.4. The Labute approximate surface area is 97.5 Å². The van der Waals surface area contributed by atoms with Crippen molar-refractivity contribution in [1.82, 2.24) is 9.97 Å². The van der Waals surface area contributed by atoms with Gasteiger partial charge in [-0.25, -0.2) is 9.97 Å². The molecule has 5 heteroatoms. The first-order valence-electron chi connectivity index (χ1n) is 4.72. The lowest BCUT2D eigenvalue weighted by atomic mass is 10.2. The standard InChI is InChI=1S/C11H11N3OS/c12-9-5-8(1-2-10(9)15)6-16-11-3-4-13-7-14-11/h1-5,7,15H,6,12H2. The van der Waals surface area contributed by atoms with Crippen LogP contribution in [0.2, 0.25) is 0 Å². The number of anilines is 1. The molecule has 0 amide bonds. The molecule has 82 valence electrons. The van der Waals surface area contributed by atoms with Crippen LogP contribution in [0.15, 0.2) is 41.8 Å². The number of aromatic nitrogens is 2. The highest BCUT2D eigenvalue weighted by atomic mass is 32.2. The van der Waals surface area contributed by atoms with Gasteiger partial charge in [0.25, 0.3) is 0 Å². The molecule has 3 N–H and O–H groups in total. The van der Waals surface area contributed by atoms with E-state index in [9.17, 15) is 5.11 Å². The van der Waals surface area contributed by atoms with Crippen molar-refractivity contribution in [3.63, 3.8) is 0 Å². The molecule has 0 unspecified atom stereocenters. The van der Waals surface area contributed by atoms with Crippen LogP contribution in [-0.2, 0) is 5.75 Å². The Kier molecular flexibility index (Phi) is 3.26. The second-order valence-electron chi connectivity index (χ2n) is 3.23. The first-order valence-corrected chi connectivity index (χ1v) is 5.70. The number of benzene rings is 1. The van der Waals surface area contributed by atoms with E-state index in [1.54, 1.807) is 30.1 Å². The summed E-state index contributed by atoms with van der Waals surface area (Å²) in [5.74, 6) is 0.886. The topological polar surface area (TPSA) is 72.0 Å². The van der Waals surface area contributed by atoms with Crippen LogP contribution in [0.1, 0.15) is 5.56 Å². The Balaban J connectivity index is 2.03.